The first-order chi connectivity index (χ1) is 9.17. The predicted octanol–water partition coefficient (Wildman–Crippen LogP) is -0.280. The molecule has 0 bridgehead atoms. The molecule has 0 aromatic carbocycles. The second kappa shape index (κ2) is 6.10. The molecule has 1 aliphatic carbocycles. The van der Waals surface area contributed by atoms with Gasteiger partial charge in [0.25, 0.3) is 0 Å². The van der Waals surface area contributed by atoms with Crippen molar-refractivity contribution in [2.24, 2.45) is 0 Å². The second-order valence-electron chi connectivity index (χ2n) is 4.67. The van der Waals surface area contributed by atoms with Crippen LogP contribution >= 0.6 is 0 Å². The SMILES string of the molecule is CC[C@@H](O)[C@@H](CO)NCC1=CCc2c(N)ncnc21. The van der Waals surface area contributed by atoms with E-state index in [2.05, 4.69) is 21.4 Å². The number of nitrogens with zero attached hydrogens (tertiary/aromatic N) is 2. The summed E-state index contributed by atoms with van der Waals surface area (Å²) in [5.41, 5.74) is 8.65. The Bertz CT molecular complexity index is 476. The Morgan fingerprint density at radius 1 is 1.47 bits per heavy atom. The lowest BCUT2D eigenvalue weighted by atomic mass is 10.1. The molecule has 5 N–H and O–H groups in total. The van der Waals surface area contributed by atoms with Gasteiger partial charge in [0.15, 0.2) is 0 Å². The van der Waals surface area contributed by atoms with Crippen molar-refractivity contribution in [3.63, 3.8) is 0 Å². The van der Waals surface area contributed by atoms with Gasteiger partial charge in [-0.1, -0.05) is 13.0 Å². The zero-order chi connectivity index (χ0) is 13.8. The van der Waals surface area contributed by atoms with Gasteiger partial charge in [0.1, 0.15) is 12.1 Å². The molecule has 104 valence electrons. The summed E-state index contributed by atoms with van der Waals surface area (Å²) < 4.78 is 0. The molecule has 0 radical (unpaired) electrons. The van der Waals surface area contributed by atoms with E-state index in [9.17, 15) is 10.2 Å². The average Bonchev–Trinajstić information content (AvgIpc) is 2.84. The Morgan fingerprint density at radius 2 is 2.26 bits per heavy atom. The molecule has 0 saturated carbocycles. The van der Waals surface area contributed by atoms with Crippen molar-refractivity contribution in [2.45, 2.75) is 31.9 Å². The van der Waals surface area contributed by atoms with Crippen LogP contribution < -0.4 is 11.1 Å². The molecule has 6 heteroatoms. The highest BCUT2D eigenvalue weighted by Gasteiger charge is 2.21. The molecular formula is C13H20N4O2. The number of nitrogens with one attached hydrogen (secondary N) is 1. The number of aromatic nitrogens is 2. The number of hydrogen-bond acceptors (Lipinski definition) is 6. The molecule has 19 heavy (non-hydrogen) atoms. The monoisotopic (exact) mass is 264 g/mol. The van der Waals surface area contributed by atoms with E-state index in [0.717, 1.165) is 23.3 Å². The van der Waals surface area contributed by atoms with E-state index < -0.39 is 6.10 Å². The molecule has 0 amide bonds. The number of nitrogens with two attached hydrogens (primary N) is 1. The van der Waals surface area contributed by atoms with Crippen molar-refractivity contribution < 1.29 is 10.2 Å². The highest BCUT2D eigenvalue weighted by Crippen LogP contribution is 2.27. The van der Waals surface area contributed by atoms with Crippen LogP contribution in [0.5, 0.6) is 0 Å². The zero-order valence-electron chi connectivity index (χ0n) is 11.0. The molecule has 2 rings (SSSR count). The van der Waals surface area contributed by atoms with Gasteiger partial charge in [-0.2, -0.15) is 0 Å². The first-order valence-corrected chi connectivity index (χ1v) is 6.48. The summed E-state index contributed by atoms with van der Waals surface area (Å²) >= 11 is 0. The van der Waals surface area contributed by atoms with Crippen LogP contribution in [-0.2, 0) is 6.42 Å². The number of aliphatic hydroxyl groups excluding tert-OH is 2. The second-order valence-corrected chi connectivity index (χ2v) is 4.67. The molecular weight excluding hydrogens is 244 g/mol. The summed E-state index contributed by atoms with van der Waals surface area (Å²) in [4.78, 5) is 8.22. The van der Waals surface area contributed by atoms with Crippen LogP contribution in [0.4, 0.5) is 5.82 Å². The van der Waals surface area contributed by atoms with Gasteiger partial charge in [0, 0.05) is 12.1 Å². The summed E-state index contributed by atoms with van der Waals surface area (Å²) in [5.74, 6) is 0.517. The van der Waals surface area contributed by atoms with Crippen molar-refractivity contribution in [1.29, 1.82) is 0 Å². The molecule has 1 aliphatic rings. The lowest BCUT2D eigenvalue weighted by Crippen LogP contribution is -2.43. The number of aliphatic hydroxyl groups is 2. The fourth-order valence-electron chi connectivity index (χ4n) is 2.23. The molecule has 0 fully saturated rings. The summed E-state index contributed by atoms with van der Waals surface area (Å²) in [6.07, 6.45) is 4.29. The number of rotatable bonds is 6. The van der Waals surface area contributed by atoms with Crippen molar-refractivity contribution in [2.75, 3.05) is 18.9 Å². The van der Waals surface area contributed by atoms with Gasteiger partial charge in [0.2, 0.25) is 0 Å². The van der Waals surface area contributed by atoms with Crippen LogP contribution in [0.25, 0.3) is 5.57 Å². The quantitative estimate of drug-likeness (QED) is 0.563. The lowest BCUT2D eigenvalue weighted by molar-refractivity contribution is 0.0893. The third kappa shape index (κ3) is 2.91. The van der Waals surface area contributed by atoms with Crippen LogP contribution in [0.2, 0.25) is 0 Å². The molecule has 1 aromatic rings. The van der Waals surface area contributed by atoms with Crippen LogP contribution in [0.1, 0.15) is 24.6 Å². The zero-order valence-corrected chi connectivity index (χ0v) is 11.0. The van der Waals surface area contributed by atoms with Crippen molar-refractivity contribution in [3.8, 4) is 0 Å². The van der Waals surface area contributed by atoms with Crippen molar-refractivity contribution in [1.82, 2.24) is 15.3 Å². The molecule has 0 unspecified atom stereocenters. The minimum atomic E-state index is -0.554. The average molecular weight is 264 g/mol. The Balaban J connectivity index is 2.01. The molecule has 6 nitrogen and oxygen atoms in total. The van der Waals surface area contributed by atoms with Gasteiger partial charge < -0.3 is 21.3 Å². The summed E-state index contributed by atoms with van der Waals surface area (Å²) in [6, 6.07) is -0.325. The largest absolute Gasteiger partial charge is 0.395 e. The number of allylic oxidation sites excluding steroid dienone is 1. The fraction of sp³-hybridized carbons (Fsp3) is 0.538. The van der Waals surface area contributed by atoms with Crippen LogP contribution in [-0.4, -0.2) is 45.5 Å². The maximum absolute atomic E-state index is 9.74. The van der Waals surface area contributed by atoms with Crippen molar-refractivity contribution in [3.05, 3.63) is 23.7 Å². The molecule has 0 aliphatic heterocycles. The van der Waals surface area contributed by atoms with Gasteiger partial charge in [-0.3, -0.25) is 0 Å². The highest BCUT2D eigenvalue weighted by atomic mass is 16.3. The number of fused-ring (bicyclic) bond motifs is 1. The normalized spacial score (nSPS) is 16.9. The smallest absolute Gasteiger partial charge is 0.130 e. The topological polar surface area (TPSA) is 104 Å². The van der Waals surface area contributed by atoms with E-state index in [1.807, 2.05) is 6.92 Å². The number of nitrogen functional groups attached to an aromatic ring is 1. The molecule has 2 atom stereocenters. The van der Waals surface area contributed by atoms with Gasteiger partial charge in [-0.25, -0.2) is 9.97 Å². The predicted molar refractivity (Wildman–Crippen MR) is 73.3 cm³/mol. The van der Waals surface area contributed by atoms with Crippen LogP contribution in [0.3, 0.4) is 0 Å². The maximum Gasteiger partial charge on any atom is 0.130 e. The molecule has 1 heterocycles. The standard InChI is InChI=1S/C13H20N4O2/c1-2-11(19)10(6-18)15-5-8-3-4-9-12(8)16-7-17-13(9)14/h3,7,10-11,15,18-19H,2,4-6H2,1H3,(H2,14,16,17)/t10-,11-/m1/s1. The van der Waals surface area contributed by atoms with E-state index in [4.69, 9.17) is 5.73 Å². The summed E-state index contributed by atoms with van der Waals surface area (Å²) in [5, 5.41) is 22.1. The highest BCUT2D eigenvalue weighted by molar-refractivity contribution is 5.74. The first kappa shape index (κ1) is 13.9. The Morgan fingerprint density at radius 3 is 2.95 bits per heavy atom. The minimum absolute atomic E-state index is 0.0962. The molecule has 0 spiro atoms. The minimum Gasteiger partial charge on any atom is -0.395 e. The van der Waals surface area contributed by atoms with Gasteiger partial charge >= 0.3 is 0 Å². The van der Waals surface area contributed by atoms with Crippen LogP contribution in [0, 0.1) is 0 Å². The molecule has 1 aromatic heterocycles. The Kier molecular flexibility index (Phi) is 4.47. The Labute approximate surface area is 112 Å². The summed E-state index contributed by atoms with van der Waals surface area (Å²) in [7, 11) is 0. The Hall–Kier alpha value is -1.50. The third-order valence-electron chi connectivity index (χ3n) is 3.47. The fourth-order valence-corrected chi connectivity index (χ4v) is 2.23. The third-order valence-corrected chi connectivity index (χ3v) is 3.47. The van der Waals surface area contributed by atoms with E-state index in [-0.39, 0.29) is 12.6 Å². The van der Waals surface area contributed by atoms with Crippen molar-refractivity contribution >= 4 is 11.4 Å². The van der Waals surface area contributed by atoms with Gasteiger partial charge in [-0.05, 0) is 18.4 Å². The molecule has 0 saturated heterocycles. The van der Waals surface area contributed by atoms with Gasteiger partial charge in [-0.15, -0.1) is 0 Å². The van der Waals surface area contributed by atoms with E-state index in [1.165, 1.54) is 6.33 Å². The maximum atomic E-state index is 9.74. The summed E-state index contributed by atoms with van der Waals surface area (Å²) in [6.45, 7) is 2.33. The lowest BCUT2D eigenvalue weighted by Gasteiger charge is -2.21. The number of anilines is 1. The van der Waals surface area contributed by atoms with E-state index in [1.54, 1.807) is 0 Å². The van der Waals surface area contributed by atoms with E-state index in [0.29, 0.717) is 18.8 Å². The first-order valence-electron chi connectivity index (χ1n) is 6.48. The van der Waals surface area contributed by atoms with Crippen LogP contribution in [0.15, 0.2) is 12.4 Å². The van der Waals surface area contributed by atoms with E-state index >= 15 is 0 Å². The number of hydrogen-bond donors (Lipinski definition) is 4. The van der Waals surface area contributed by atoms with Gasteiger partial charge in [0.05, 0.1) is 24.4 Å².